The van der Waals surface area contributed by atoms with Gasteiger partial charge in [0, 0.05) is 9.13 Å². The summed E-state index contributed by atoms with van der Waals surface area (Å²) >= 11 is 2.21. The van der Waals surface area contributed by atoms with Crippen molar-refractivity contribution in [2.45, 2.75) is 0 Å². The Labute approximate surface area is 148 Å². The van der Waals surface area contributed by atoms with Crippen molar-refractivity contribution in [2.24, 2.45) is 0 Å². The van der Waals surface area contributed by atoms with Gasteiger partial charge in [-0.2, -0.15) is 0 Å². The number of amides is 1. The first-order valence-corrected chi connectivity index (χ1v) is 8.19. The van der Waals surface area contributed by atoms with Crippen molar-refractivity contribution >= 4 is 34.2 Å². The molecule has 0 aliphatic rings. The topological polar surface area (TPSA) is 38.3 Å². The number of anilines is 1. The third-order valence-corrected chi connectivity index (χ3v) is 3.93. The van der Waals surface area contributed by atoms with E-state index in [1.807, 2.05) is 66.7 Å². The Bertz CT molecular complexity index is 801. The summed E-state index contributed by atoms with van der Waals surface area (Å²) in [7, 11) is 0. The molecule has 1 amide bonds. The van der Waals surface area contributed by atoms with Crippen LogP contribution in [0.4, 0.5) is 5.69 Å². The van der Waals surface area contributed by atoms with E-state index in [9.17, 15) is 4.79 Å². The number of para-hydroxylation sites is 3. The van der Waals surface area contributed by atoms with Crippen molar-refractivity contribution in [2.75, 3.05) is 5.32 Å². The van der Waals surface area contributed by atoms with E-state index in [1.165, 1.54) is 0 Å². The fourth-order valence-corrected chi connectivity index (χ4v) is 2.43. The summed E-state index contributed by atoms with van der Waals surface area (Å²) < 4.78 is 6.94. The van der Waals surface area contributed by atoms with Gasteiger partial charge in [-0.25, -0.2) is 0 Å². The van der Waals surface area contributed by atoms with Gasteiger partial charge in [-0.1, -0.05) is 30.3 Å². The largest absolute Gasteiger partial charge is 0.455 e. The third kappa shape index (κ3) is 4.10. The molecule has 1 N–H and O–H groups in total. The first-order valence-electron chi connectivity index (χ1n) is 7.11. The molecule has 3 aromatic rings. The molecule has 0 saturated heterocycles. The van der Waals surface area contributed by atoms with Crippen LogP contribution in [0.25, 0.3) is 0 Å². The van der Waals surface area contributed by atoms with Crippen LogP contribution in [0.15, 0.2) is 78.9 Å². The van der Waals surface area contributed by atoms with Crippen molar-refractivity contribution in [3.63, 3.8) is 0 Å². The SMILES string of the molecule is O=C(Nc1ccccc1Oc1ccccc1)c1ccc(I)cc1. The molecule has 0 fully saturated rings. The first-order chi connectivity index (χ1) is 11.2. The van der Waals surface area contributed by atoms with Crippen LogP contribution in [0.1, 0.15) is 10.4 Å². The number of nitrogens with one attached hydrogen (secondary N) is 1. The molecule has 0 heterocycles. The van der Waals surface area contributed by atoms with Crippen LogP contribution in [-0.2, 0) is 0 Å². The fourth-order valence-electron chi connectivity index (χ4n) is 2.07. The quantitative estimate of drug-likeness (QED) is 0.585. The molecule has 114 valence electrons. The zero-order chi connectivity index (χ0) is 16.1. The number of rotatable bonds is 4. The van der Waals surface area contributed by atoms with E-state index in [2.05, 4.69) is 27.9 Å². The maximum atomic E-state index is 12.4. The standard InChI is InChI=1S/C19H14INO2/c20-15-12-10-14(11-13-15)19(22)21-17-8-4-5-9-18(17)23-16-6-2-1-3-7-16/h1-13H,(H,21,22). The van der Waals surface area contributed by atoms with Crippen molar-refractivity contribution in [3.05, 3.63) is 88.0 Å². The third-order valence-electron chi connectivity index (χ3n) is 3.21. The average molecular weight is 415 g/mol. The Hall–Kier alpha value is -2.34. The van der Waals surface area contributed by atoms with E-state index in [1.54, 1.807) is 12.1 Å². The maximum Gasteiger partial charge on any atom is 0.255 e. The monoisotopic (exact) mass is 415 g/mol. The molecule has 4 heteroatoms. The van der Waals surface area contributed by atoms with Gasteiger partial charge in [0.1, 0.15) is 5.75 Å². The molecule has 23 heavy (non-hydrogen) atoms. The molecule has 0 spiro atoms. The van der Waals surface area contributed by atoms with Crippen LogP contribution in [0.2, 0.25) is 0 Å². The zero-order valence-electron chi connectivity index (χ0n) is 12.2. The van der Waals surface area contributed by atoms with E-state index in [0.29, 0.717) is 17.0 Å². The van der Waals surface area contributed by atoms with E-state index in [4.69, 9.17) is 4.74 Å². The molecule has 0 aliphatic carbocycles. The lowest BCUT2D eigenvalue weighted by Crippen LogP contribution is -2.12. The highest BCUT2D eigenvalue weighted by molar-refractivity contribution is 14.1. The first kappa shape index (κ1) is 15.6. The molecule has 3 rings (SSSR count). The highest BCUT2D eigenvalue weighted by Crippen LogP contribution is 2.29. The number of ether oxygens (including phenoxy) is 1. The summed E-state index contributed by atoms with van der Waals surface area (Å²) in [6, 6.07) is 24.3. The van der Waals surface area contributed by atoms with E-state index >= 15 is 0 Å². The Morgan fingerprint density at radius 3 is 2.22 bits per heavy atom. The molecule has 3 nitrogen and oxygen atoms in total. The number of hydrogen-bond donors (Lipinski definition) is 1. The molecule has 0 saturated carbocycles. The predicted molar refractivity (Wildman–Crippen MR) is 100 cm³/mol. The Kier molecular flexibility index (Phi) is 4.92. The lowest BCUT2D eigenvalue weighted by molar-refractivity contribution is 0.102. The van der Waals surface area contributed by atoms with Gasteiger partial charge in [0.15, 0.2) is 5.75 Å². The summed E-state index contributed by atoms with van der Waals surface area (Å²) in [6.45, 7) is 0. The summed E-state index contributed by atoms with van der Waals surface area (Å²) in [4.78, 5) is 12.4. The average Bonchev–Trinajstić information content (AvgIpc) is 2.58. The smallest absolute Gasteiger partial charge is 0.255 e. The van der Waals surface area contributed by atoms with Crippen LogP contribution in [0, 0.1) is 3.57 Å². The second kappa shape index (κ2) is 7.28. The lowest BCUT2D eigenvalue weighted by atomic mass is 10.2. The summed E-state index contributed by atoms with van der Waals surface area (Å²) in [5, 5.41) is 2.90. The van der Waals surface area contributed by atoms with E-state index in [0.717, 1.165) is 9.32 Å². The summed E-state index contributed by atoms with van der Waals surface area (Å²) in [6.07, 6.45) is 0. The van der Waals surface area contributed by atoms with Crippen LogP contribution in [0.5, 0.6) is 11.5 Å². The molecule has 0 aliphatic heterocycles. The second-order valence-corrected chi connectivity index (χ2v) is 6.12. The van der Waals surface area contributed by atoms with E-state index < -0.39 is 0 Å². The Morgan fingerprint density at radius 2 is 1.48 bits per heavy atom. The number of carbonyl (C=O) groups is 1. The highest BCUT2D eigenvalue weighted by atomic mass is 127. The van der Waals surface area contributed by atoms with Crippen LogP contribution >= 0.6 is 22.6 Å². The van der Waals surface area contributed by atoms with Crippen molar-refractivity contribution in [1.29, 1.82) is 0 Å². The van der Waals surface area contributed by atoms with Crippen LogP contribution in [0.3, 0.4) is 0 Å². The van der Waals surface area contributed by atoms with Gasteiger partial charge in [0.25, 0.3) is 5.91 Å². The Balaban J connectivity index is 1.80. The van der Waals surface area contributed by atoms with E-state index in [-0.39, 0.29) is 5.91 Å². The number of halogens is 1. The minimum atomic E-state index is -0.162. The second-order valence-electron chi connectivity index (χ2n) is 4.87. The van der Waals surface area contributed by atoms with Crippen molar-refractivity contribution in [1.82, 2.24) is 0 Å². The predicted octanol–water partition coefficient (Wildman–Crippen LogP) is 5.34. The van der Waals surface area contributed by atoms with Gasteiger partial charge in [-0.3, -0.25) is 4.79 Å². The van der Waals surface area contributed by atoms with Gasteiger partial charge in [0.05, 0.1) is 5.69 Å². The summed E-state index contributed by atoms with van der Waals surface area (Å²) in [5.41, 5.74) is 1.25. The minimum absolute atomic E-state index is 0.162. The van der Waals surface area contributed by atoms with Crippen molar-refractivity contribution < 1.29 is 9.53 Å². The highest BCUT2D eigenvalue weighted by Gasteiger charge is 2.10. The number of benzene rings is 3. The molecule has 0 unspecified atom stereocenters. The summed E-state index contributed by atoms with van der Waals surface area (Å²) in [5.74, 6) is 1.17. The lowest BCUT2D eigenvalue weighted by Gasteiger charge is -2.12. The zero-order valence-corrected chi connectivity index (χ0v) is 14.4. The van der Waals surface area contributed by atoms with Gasteiger partial charge in [-0.15, -0.1) is 0 Å². The number of carbonyl (C=O) groups excluding carboxylic acids is 1. The Morgan fingerprint density at radius 1 is 0.826 bits per heavy atom. The van der Waals surface area contributed by atoms with Gasteiger partial charge in [0.2, 0.25) is 0 Å². The normalized spacial score (nSPS) is 10.1. The van der Waals surface area contributed by atoms with Crippen LogP contribution in [-0.4, -0.2) is 5.91 Å². The van der Waals surface area contributed by atoms with Gasteiger partial charge in [-0.05, 0) is 71.1 Å². The molecule has 0 bridgehead atoms. The molecule has 3 aromatic carbocycles. The molecule has 0 atom stereocenters. The van der Waals surface area contributed by atoms with Crippen LogP contribution < -0.4 is 10.1 Å². The van der Waals surface area contributed by atoms with Gasteiger partial charge >= 0.3 is 0 Å². The van der Waals surface area contributed by atoms with Crippen molar-refractivity contribution in [3.8, 4) is 11.5 Å². The maximum absolute atomic E-state index is 12.4. The molecular weight excluding hydrogens is 401 g/mol. The minimum Gasteiger partial charge on any atom is -0.455 e. The molecule has 0 aromatic heterocycles. The molecule has 0 radical (unpaired) electrons. The van der Waals surface area contributed by atoms with Gasteiger partial charge < -0.3 is 10.1 Å². The number of hydrogen-bond acceptors (Lipinski definition) is 2. The molecular formula is C19H14INO2. The fraction of sp³-hybridized carbons (Fsp3) is 0.